The van der Waals surface area contributed by atoms with Gasteiger partial charge in [0.25, 0.3) is 0 Å². The molecule has 0 radical (unpaired) electrons. The first-order valence-electron chi connectivity index (χ1n) is 8.67. The van der Waals surface area contributed by atoms with Crippen LogP contribution >= 0.6 is 0 Å². The minimum atomic E-state index is 0.231. The molecule has 2 nitrogen and oxygen atoms in total. The first kappa shape index (κ1) is 16.3. The fraction of sp³-hybridized carbons (Fsp3) is 1.00. The minimum absolute atomic E-state index is 0.231. The maximum atomic E-state index is 6.38. The minimum Gasteiger partial charge on any atom is -0.329 e. The van der Waals surface area contributed by atoms with E-state index in [4.69, 9.17) is 5.73 Å². The van der Waals surface area contributed by atoms with Crippen LogP contribution in [0.15, 0.2) is 0 Å². The lowest BCUT2D eigenvalue weighted by Crippen LogP contribution is -2.62. The highest BCUT2D eigenvalue weighted by Gasteiger charge is 2.50. The van der Waals surface area contributed by atoms with Crippen LogP contribution in [0.2, 0.25) is 0 Å². The monoisotopic (exact) mass is 280 g/mol. The average Bonchev–Trinajstić information content (AvgIpc) is 2.50. The van der Waals surface area contributed by atoms with Crippen LogP contribution in [0.5, 0.6) is 0 Å². The molecule has 1 atom stereocenters. The molecule has 1 saturated carbocycles. The van der Waals surface area contributed by atoms with Gasteiger partial charge in [-0.2, -0.15) is 0 Å². The third kappa shape index (κ3) is 3.39. The maximum absolute atomic E-state index is 6.38. The second kappa shape index (κ2) is 5.61. The highest BCUT2D eigenvalue weighted by molar-refractivity contribution is 5.05. The van der Waals surface area contributed by atoms with Crippen LogP contribution < -0.4 is 5.73 Å². The van der Waals surface area contributed by atoms with E-state index in [-0.39, 0.29) is 5.54 Å². The van der Waals surface area contributed by atoms with Gasteiger partial charge in [-0.05, 0) is 56.4 Å². The van der Waals surface area contributed by atoms with E-state index in [9.17, 15) is 0 Å². The maximum Gasteiger partial charge on any atom is 0.0344 e. The Hall–Kier alpha value is -0.0800. The van der Waals surface area contributed by atoms with Crippen molar-refractivity contribution in [3.8, 4) is 0 Å². The number of nitrogens with two attached hydrogens (primary N) is 1. The molecule has 2 N–H and O–H groups in total. The molecule has 0 bridgehead atoms. The van der Waals surface area contributed by atoms with E-state index in [0.29, 0.717) is 16.9 Å². The Balaban J connectivity index is 2.31. The van der Waals surface area contributed by atoms with Crippen LogP contribution in [0.3, 0.4) is 0 Å². The summed E-state index contributed by atoms with van der Waals surface area (Å²) in [7, 11) is 0. The van der Waals surface area contributed by atoms with Crippen molar-refractivity contribution in [1.82, 2.24) is 4.90 Å². The van der Waals surface area contributed by atoms with Gasteiger partial charge in [-0.25, -0.2) is 0 Å². The Morgan fingerprint density at radius 3 is 2.10 bits per heavy atom. The van der Waals surface area contributed by atoms with Crippen molar-refractivity contribution in [1.29, 1.82) is 0 Å². The SMILES string of the molecule is CC1CCCCCN1C1(CN)CC(C)(C)CC(C)(C)C1. The number of nitrogens with zero attached hydrogens (tertiary/aromatic N) is 1. The molecule has 118 valence electrons. The molecule has 1 saturated heterocycles. The fourth-order valence-electron chi connectivity index (χ4n) is 5.71. The van der Waals surface area contributed by atoms with Crippen LogP contribution in [0, 0.1) is 10.8 Å². The molecule has 20 heavy (non-hydrogen) atoms. The summed E-state index contributed by atoms with van der Waals surface area (Å²) in [6, 6.07) is 0.700. The molecule has 2 fully saturated rings. The first-order chi connectivity index (χ1) is 9.20. The summed E-state index contributed by atoms with van der Waals surface area (Å²) >= 11 is 0. The molecule has 0 aromatic rings. The smallest absolute Gasteiger partial charge is 0.0344 e. The Bertz CT molecular complexity index is 316. The van der Waals surface area contributed by atoms with Crippen LogP contribution in [0.4, 0.5) is 0 Å². The van der Waals surface area contributed by atoms with Gasteiger partial charge in [0, 0.05) is 18.1 Å². The van der Waals surface area contributed by atoms with E-state index in [1.54, 1.807) is 0 Å². The number of likely N-dealkylation sites (tertiary alicyclic amines) is 1. The standard InChI is InChI=1S/C18H36N2/c1-15-9-7-6-8-10-20(15)18(14-19)12-16(2,3)11-17(4,5)13-18/h15H,6-14,19H2,1-5H3. The molecule has 0 aromatic carbocycles. The summed E-state index contributed by atoms with van der Waals surface area (Å²) < 4.78 is 0. The molecule has 2 aliphatic rings. The summed E-state index contributed by atoms with van der Waals surface area (Å²) in [5.74, 6) is 0. The zero-order chi connectivity index (χ0) is 15.0. The van der Waals surface area contributed by atoms with Crippen molar-refractivity contribution in [2.45, 2.75) is 91.1 Å². The van der Waals surface area contributed by atoms with Gasteiger partial charge in [-0.3, -0.25) is 4.90 Å². The highest BCUT2D eigenvalue weighted by atomic mass is 15.2. The van der Waals surface area contributed by atoms with Crippen LogP contribution in [0.1, 0.15) is 79.6 Å². The van der Waals surface area contributed by atoms with Crippen molar-refractivity contribution < 1.29 is 0 Å². The molecule has 1 aliphatic heterocycles. The first-order valence-corrected chi connectivity index (χ1v) is 8.67. The zero-order valence-corrected chi connectivity index (χ0v) is 14.5. The summed E-state index contributed by atoms with van der Waals surface area (Å²) in [6.45, 7) is 14.3. The number of rotatable bonds is 2. The van der Waals surface area contributed by atoms with Gasteiger partial charge in [-0.1, -0.05) is 40.5 Å². The lowest BCUT2D eigenvalue weighted by Gasteiger charge is -2.57. The largest absolute Gasteiger partial charge is 0.329 e. The number of hydrogen-bond donors (Lipinski definition) is 1. The van der Waals surface area contributed by atoms with Crippen molar-refractivity contribution in [3.63, 3.8) is 0 Å². The third-order valence-electron chi connectivity index (χ3n) is 5.61. The van der Waals surface area contributed by atoms with Crippen molar-refractivity contribution in [3.05, 3.63) is 0 Å². The molecule has 1 unspecified atom stereocenters. The predicted molar refractivity (Wildman–Crippen MR) is 87.8 cm³/mol. The lowest BCUT2D eigenvalue weighted by atomic mass is 9.57. The second-order valence-electron chi connectivity index (χ2n) is 9.18. The van der Waals surface area contributed by atoms with Gasteiger partial charge < -0.3 is 5.73 Å². The second-order valence-corrected chi connectivity index (χ2v) is 9.18. The predicted octanol–water partition coefficient (Wildman–Crippen LogP) is 4.18. The molecular weight excluding hydrogens is 244 g/mol. The van der Waals surface area contributed by atoms with Crippen LogP contribution in [0.25, 0.3) is 0 Å². The molecule has 1 heterocycles. The van der Waals surface area contributed by atoms with Crippen LogP contribution in [-0.4, -0.2) is 29.6 Å². The number of hydrogen-bond acceptors (Lipinski definition) is 2. The summed E-state index contributed by atoms with van der Waals surface area (Å²) in [5, 5.41) is 0. The van der Waals surface area contributed by atoms with E-state index in [1.165, 1.54) is 51.5 Å². The van der Waals surface area contributed by atoms with Gasteiger partial charge in [-0.15, -0.1) is 0 Å². The van der Waals surface area contributed by atoms with E-state index in [0.717, 1.165) is 6.54 Å². The molecule has 0 spiro atoms. The molecular formula is C18H36N2. The highest BCUT2D eigenvalue weighted by Crippen LogP contribution is 2.52. The third-order valence-corrected chi connectivity index (χ3v) is 5.61. The van der Waals surface area contributed by atoms with Gasteiger partial charge in [0.05, 0.1) is 0 Å². The van der Waals surface area contributed by atoms with Gasteiger partial charge in [0.15, 0.2) is 0 Å². The quantitative estimate of drug-likeness (QED) is 0.822. The normalized spacial score (nSPS) is 33.6. The zero-order valence-electron chi connectivity index (χ0n) is 14.5. The van der Waals surface area contributed by atoms with Gasteiger partial charge in [0.2, 0.25) is 0 Å². The Morgan fingerprint density at radius 2 is 1.55 bits per heavy atom. The van der Waals surface area contributed by atoms with E-state index < -0.39 is 0 Å². The Morgan fingerprint density at radius 1 is 0.950 bits per heavy atom. The summed E-state index contributed by atoms with van der Waals surface area (Å²) in [5.41, 5.74) is 7.43. The molecule has 1 aliphatic carbocycles. The topological polar surface area (TPSA) is 29.3 Å². The Kier molecular flexibility index (Phi) is 4.57. The van der Waals surface area contributed by atoms with Crippen LogP contribution in [-0.2, 0) is 0 Å². The van der Waals surface area contributed by atoms with Crippen molar-refractivity contribution in [2.75, 3.05) is 13.1 Å². The lowest BCUT2D eigenvalue weighted by molar-refractivity contribution is -0.0588. The molecule has 2 rings (SSSR count). The fourth-order valence-corrected chi connectivity index (χ4v) is 5.71. The molecule has 0 aromatic heterocycles. The molecule has 0 amide bonds. The average molecular weight is 280 g/mol. The van der Waals surface area contributed by atoms with Gasteiger partial charge >= 0.3 is 0 Å². The molecule has 2 heteroatoms. The van der Waals surface area contributed by atoms with E-state index in [1.807, 2.05) is 0 Å². The van der Waals surface area contributed by atoms with Crippen molar-refractivity contribution in [2.24, 2.45) is 16.6 Å². The van der Waals surface area contributed by atoms with E-state index >= 15 is 0 Å². The van der Waals surface area contributed by atoms with E-state index in [2.05, 4.69) is 39.5 Å². The summed E-state index contributed by atoms with van der Waals surface area (Å²) in [4.78, 5) is 2.81. The summed E-state index contributed by atoms with van der Waals surface area (Å²) in [6.07, 6.45) is 9.35. The van der Waals surface area contributed by atoms with Gasteiger partial charge in [0.1, 0.15) is 0 Å². The Labute approximate surface area is 126 Å². The van der Waals surface area contributed by atoms with Crippen molar-refractivity contribution >= 4 is 0 Å².